The third kappa shape index (κ3) is 18.7. The van der Waals surface area contributed by atoms with Crippen molar-refractivity contribution in [1.29, 1.82) is 0 Å². The highest BCUT2D eigenvalue weighted by Gasteiger charge is 2.13. The van der Waals surface area contributed by atoms with Gasteiger partial charge in [-0.05, 0) is 38.5 Å². The Hall–Kier alpha value is -2.58. The smallest absolute Gasteiger partial charge is 0.313 e. The number of hydrogen-bond donors (Lipinski definition) is 0. The predicted octanol–water partition coefficient (Wildman–Crippen LogP) is 4.36. The molecule has 1 rings (SSSR count). The van der Waals surface area contributed by atoms with Gasteiger partial charge < -0.3 is 14.2 Å². The summed E-state index contributed by atoms with van der Waals surface area (Å²) in [7, 11) is 0. The SMILES string of the molecule is O=C1CCCCCCOC(=O)CC(=O)CCCCCCOC(=O)CC(=O)CCCCCCOC(=O)C1. The zero-order valence-corrected chi connectivity index (χ0v) is 21.5. The van der Waals surface area contributed by atoms with Crippen LogP contribution in [-0.4, -0.2) is 55.1 Å². The van der Waals surface area contributed by atoms with Crippen molar-refractivity contribution in [3.05, 3.63) is 0 Å². The Balaban J connectivity index is 2.37. The van der Waals surface area contributed by atoms with Gasteiger partial charge in [-0.25, -0.2) is 0 Å². The Bertz CT molecular complexity index is 565. The monoisotopic (exact) mass is 510 g/mol. The van der Waals surface area contributed by atoms with Gasteiger partial charge in [0, 0.05) is 19.3 Å². The van der Waals surface area contributed by atoms with E-state index in [1.54, 1.807) is 0 Å². The molecule has 0 saturated carbocycles. The van der Waals surface area contributed by atoms with Crippen LogP contribution in [0.15, 0.2) is 0 Å². The first-order valence-electron chi connectivity index (χ1n) is 13.4. The fraction of sp³-hybridized carbons (Fsp3) is 0.778. The quantitative estimate of drug-likeness (QED) is 0.265. The zero-order valence-electron chi connectivity index (χ0n) is 21.5. The summed E-state index contributed by atoms with van der Waals surface area (Å²) in [5, 5.41) is 0. The Morgan fingerprint density at radius 2 is 0.583 bits per heavy atom. The van der Waals surface area contributed by atoms with Crippen LogP contribution in [0.4, 0.5) is 0 Å². The molecule has 0 aliphatic carbocycles. The van der Waals surface area contributed by atoms with Crippen LogP contribution in [0.5, 0.6) is 0 Å². The van der Waals surface area contributed by atoms with Gasteiger partial charge in [0.2, 0.25) is 0 Å². The van der Waals surface area contributed by atoms with E-state index in [2.05, 4.69) is 0 Å². The molecule has 1 saturated heterocycles. The first kappa shape index (κ1) is 31.4. The molecule has 1 aliphatic heterocycles. The second-order valence-corrected chi connectivity index (χ2v) is 9.30. The van der Waals surface area contributed by atoms with Crippen LogP contribution in [0.1, 0.15) is 116 Å². The number of carbonyl (C=O) groups excluding carboxylic acids is 6. The summed E-state index contributed by atoms with van der Waals surface area (Å²) in [5.74, 6) is -2.01. The van der Waals surface area contributed by atoms with Gasteiger partial charge in [0.15, 0.2) is 0 Å². The molecule has 0 radical (unpaired) electrons. The van der Waals surface area contributed by atoms with E-state index in [-0.39, 0.29) is 56.4 Å². The molecule has 9 heteroatoms. The van der Waals surface area contributed by atoms with Gasteiger partial charge in [-0.2, -0.15) is 0 Å². The molecule has 36 heavy (non-hydrogen) atoms. The van der Waals surface area contributed by atoms with Crippen molar-refractivity contribution in [2.45, 2.75) is 116 Å². The van der Waals surface area contributed by atoms with Crippen LogP contribution < -0.4 is 0 Å². The third-order valence-corrected chi connectivity index (χ3v) is 5.86. The molecule has 1 heterocycles. The summed E-state index contributed by atoms with van der Waals surface area (Å²) in [6, 6.07) is 0. The fourth-order valence-corrected chi connectivity index (χ4v) is 3.79. The number of cyclic esters (lactones) is 3. The highest BCUT2D eigenvalue weighted by Crippen LogP contribution is 2.10. The second kappa shape index (κ2) is 20.6. The van der Waals surface area contributed by atoms with Crippen LogP contribution in [0, 0.1) is 0 Å². The second-order valence-electron chi connectivity index (χ2n) is 9.30. The molecule has 0 aromatic heterocycles. The number of hydrogen-bond acceptors (Lipinski definition) is 9. The summed E-state index contributed by atoms with van der Waals surface area (Å²) in [5.41, 5.74) is 0. The molecule has 204 valence electrons. The summed E-state index contributed by atoms with van der Waals surface area (Å²) in [4.78, 5) is 71.0. The summed E-state index contributed by atoms with van der Waals surface area (Å²) in [6.07, 6.45) is 8.97. The number of ketones is 3. The van der Waals surface area contributed by atoms with Crippen LogP contribution in [-0.2, 0) is 43.0 Å². The highest BCUT2D eigenvalue weighted by molar-refractivity contribution is 5.96. The Morgan fingerprint density at radius 1 is 0.333 bits per heavy atom. The molecule has 1 fully saturated rings. The van der Waals surface area contributed by atoms with Crippen molar-refractivity contribution in [1.82, 2.24) is 0 Å². The van der Waals surface area contributed by atoms with Crippen molar-refractivity contribution >= 4 is 35.3 Å². The maximum Gasteiger partial charge on any atom is 0.313 e. The van der Waals surface area contributed by atoms with Crippen molar-refractivity contribution in [2.24, 2.45) is 0 Å². The first-order valence-corrected chi connectivity index (χ1v) is 13.4. The third-order valence-electron chi connectivity index (χ3n) is 5.86. The minimum absolute atomic E-state index is 0.151. The Labute approximate surface area is 214 Å². The lowest BCUT2D eigenvalue weighted by Crippen LogP contribution is -2.13. The largest absolute Gasteiger partial charge is 0.465 e. The minimum atomic E-state index is -0.519. The zero-order chi connectivity index (χ0) is 26.4. The molecular formula is C27H42O9. The topological polar surface area (TPSA) is 130 Å². The number of carbonyl (C=O) groups is 6. The first-order chi connectivity index (χ1) is 17.4. The number of Topliss-reactive ketones (excluding diaryl/α,β-unsaturated/α-hetero) is 3. The van der Waals surface area contributed by atoms with Gasteiger partial charge in [0.1, 0.15) is 36.6 Å². The van der Waals surface area contributed by atoms with Gasteiger partial charge >= 0.3 is 17.9 Å². The molecule has 0 N–H and O–H groups in total. The lowest BCUT2D eigenvalue weighted by molar-refractivity contribution is -0.147. The predicted molar refractivity (Wildman–Crippen MR) is 131 cm³/mol. The molecule has 0 unspecified atom stereocenters. The van der Waals surface area contributed by atoms with Crippen molar-refractivity contribution in [3.63, 3.8) is 0 Å². The van der Waals surface area contributed by atoms with E-state index in [0.29, 0.717) is 57.8 Å². The van der Waals surface area contributed by atoms with Crippen LogP contribution >= 0.6 is 0 Å². The molecule has 0 atom stereocenters. The van der Waals surface area contributed by atoms with E-state index < -0.39 is 17.9 Å². The fourth-order valence-electron chi connectivity index (χ4n) is 3.79. The van der Waals surface area contributed by atoms with E-state index in [1.807, 2.05) is 0 Å². The number of esters is 3. The highest BCUT2D eigenvalue weighted by atomic mass is 16.5. The Morgan fingerprint density at radius 3 is 0.861 bits per heavy atom. The summed E-state index contributed by atoms with van der Waals surface area (Å²) in [6.45, 7) is 0.740. The lowest BCUT2D eigenvalue weighted by atomic mass is 10.1. The van der Waals surface area contributed by atoms with Gasteiger partial charge in [-0.15, -0.1) is 0 Å². The van der Waals surface area contributed by atoms with Crippen molar-refractivity contribution in [2.75, 3.05) is 19.8 Å². The Kier molecular flexibility index (Phi) is 18.0. The number of rotatable bonds is 0. The summed E-state index contributed by atoms with van der Waals surface area (Å²) >= 11 is 0. The molecule has 0 aromatic carbocycles. The van der Waals surface area contributed by atoms with Gasteiger partial charge in [-0.3, -0.25) is 28.8 Å². The normalized spacial score (nSPS) is 21.7. The molecule has 0 spiro atoms. The van der Waals surface area contributed by atoms with Crippen LogP contribution in [0.25, 0.3) is 0 Å². The molecular weight excluding hydrogens is 468 g/mol. The molecule has 0 aromatic rings. The standard InChI is InChI=1S/C27H42O9/c28-22-13-7-1-4-10-16-34-26(32)20-23(29)14-8-3-6-12-18-36-27(33)21-24(30)15-9-2-5-11-17-35-25(31)19-22/h1-21H2. The van der Waals surface area contributed by atoms with Crippen molar-refractivity contribution in [3.8, 4) is 0 Å². The van der Waals surface area contributed by atoms with Crippen LogP contribution in [0.2, 0.25) is 0 Å². The molecule has 0 amide bonds. The van der Waals surface area contributed by atoms with Gasteiger partial charge in [0.05, 0.1) is 19.8 Å². The maximum atomic E-state index is 11.9. The van der Waals surface area contributed by atoms with E-state index in [9.17, 15) is 28.8 Å². The lowest BCUT2D eigenvalue weighted by Gasteiger charge is -2.07. The average Bonchev–Trinajstić information content (AvgIpc) is 2.81. The van der Waals surface area contributed by atoms with E-state index in [0.717, 1.165) is 38.5 Å². The average molecular weight is 511 g/mol. The van der Waals surface area contributed by atoms with E-state index in [4.69, 9.17) is 14.2 Å². The summed E-state index contributed by atoms with van der Waals surface area (Å²) < 4.78 is 15.3. The molecule has 1 aliphatic rings. The maximum absolute atomic E-state index is 11.9. The van der Waals surface area contributed by atoms with Gasteiger partial charge in [0.25, 0.3) is 0 Å². The molecule has 0 bridgehead atoms. The number of ether oxygens (including phenoxy) is 3. The van der Waals surface area contributed by atoms with Crippen molar-refractivity contribution < 1.29 is 43.0 Å². The van der Waals surface area contributed by atoms with Crippen LogP contribution in [0.3, 0.4) is 0 Å². The molecule has 9 nitrogen and oxygen atoms in total. The minimum Gasteiger partial charge on any atom is -0.465 e. The van der Waals surface area contributed by atoms with Gasteiger partial charge in [-0.1, -0.05) is 38.5 Å². The van der Waals surface area contributed by atoms with E-state index in [1.165, 1.54) is 0 Å². The van der Waals surface area contributed by atoms with E-state index >= 15 is 0 Å².